The van der Waals surface area contributed by atoms with Crippen LogP contribution in [0.4, 0.5) is 0 Å². The molecule has 1 atom stereocenters. The number of hydrogen-bond acceptors (Lipinski definition) is 2. The molecular formula is C11H14Cl2N2. The highest BCUT2D eigenvalue weighted by Gasteiger charge is 2.13. The van der Waals surface area contributed by atoms with Gasteiger partial charge in [-0.3, -0.25) is 0 Å². The number of rotatable bonds is 3. The molecule has 82 valence electrons. The van der Waals surface area contributed by atoms with Crippen LogP contribution in [0.1, 0.15) is 12.0 Å². The summed E-state index contributed by atoms with van der Waals surface area (Å²) >= 11 is 11.8. The Hall–Kier alpha value is -0.280. The van der Waals surface area contributed by atoms with Crippen LogP contribution in [0.5, 0.6) is 0 Å². The van der Waals surface area contributed by atoms with Crippen LogP contribution in [0.15, 0.2) is 18.2 Å². The van der Waals surface area contributed by atoms with Gasteiger partial charge in [-0.05, 0) is 30.7 Å². The van der Waals surface area contributed by atoms with Crippen molar-refractivity contribution in [2.45, 2.75) is 19.0 Å². The van der Waals surface area contributed by atoms with E-state index in [4.69, 9.17) is 23.2 Å². The van der Waals surface area contributed by atoms with Gasteiger partial charge in [-0.1, -0.05) is 29.3 Å². The summed E-state index contributed by atoms with van der Waals surface area (Å²) in [7, 11) is 0. The number of benzene rings is 1. The minimum atomic E-state index is 0.583. The minimum Gasteiger partial charge on any atom is -0.315 e. The number of halogens is 2. The Bertz CT molecular complexity index is 335. The summed E-state index contributed by atoms with van der Waals surface area (Å²) in [6.45, 7) is 3.02. The zero-order valence-electron chi connectivity index (χ0n) is 8.39. The normalized spacial score (nSPS) is 20.8. The Kier molecular flexibility index (Phi) is 3.87. The molecule has 15 heavy (non-hydrogen) atoms. The van der Waals surface area contributed by atoms with Crippen molar-refractivity contribution in [3.8, 4) is 0 Å². The summed E-state index contributed by atoms with van der Waals surface area (Å²) in [4.78, 5) is 0. The monoisotopic (exact) mass is 244 g/mol. The summed E-state index contributed by atoms with van der Waals surface area (Å²) < 4.78 is 0. The molecule has 1 heterocycles. The fourth-order valence-corrected chi connectivity index (χ4v) is 2.06. The first-order valence-corrected chi connectivity index (χ1v) is 5.89. The van der Waals surface area contributed by atoms with E-state index in [1.807, 2.05) is 18.2 Å². The molecule has 1 aliphatic heterocycles. The molecule has 0 unspecified atom stereocenters. The van der Waals surface area contributed by atoms with Crippen LogP contribution >= 0.6 is 23.2 Å². The first-order valence-electron chi connectivity index (χ1n) is 5.14. The second kappa shape index (κ2) is 5.17. The van der Waals surface area contributed by atoms with Crippen molar-refractivity contribution in [2.75, 3.05) is 13.1 Å². The van der Waals surface area contributed by atoms with Gasteiger partial charge in [0.05, 0.1) is 10.0 Å². The topological polar surface area (TPSA) is 24.1 Å². The molecule has 1 aromatic carbocycles. The summed E-state index contributed by atoms with van der Waals surface area (Å²) in [5.74, 6) is 0. The fraction of sp³-hybridized carbons (Fsp3) is 0.455. The fourth-order valence-electron chi connectivity index (χ4n) is 1.74. The molecule has 0 aliphatic carbocycles. The van der Waals surface area contributed by atoms with Crippen molar-refractivity contribution in [1.82, 2.24) is 10.6 Å². The molecule has 2 N–H and O–H groups in total. The average Bonchev–Trinajstić information content (AvgIpc) is 2.73. The molecule has 1 saturated heterocycles. The lowest BCUT2D eigenvalue weighted by atomic mass is 10.2. The molecule has 0 aromatic heterocycles. The lowest BCUT2D eigenvalue weighted by molar-refractivity contribution is 0.547. The Morgan fingerprint density at radius 2 is 2.20 bits per heavy atom. The minimum absolute atomic E-state index is 0.583. The van der Waals surface area contributed by atoms with E-state index in [9.17, 15) is 0 Å². The summed E-state index contributed by atoms with van der Waals surface area (Å²) in [5.41, 5.74) is 1.18. The molecule has 0 radical (unpaired) electrons. The molecule has 1 fully saturated rings. The molecule has 0 bridgehead atoms. The van der Waals surface area contributed by atoms with E-state index in [2.05, 4.69) is 10.6 Å². The molecule has 0 amide bonds. The molecule has 2 nitrogen and oxygen atoms in total. The van der Waals surface area contributed by atoms with E-state index < -0.39 is 0 Å². The van der Waals surface area contributed by atoms with Crippen LogP contribution in [-0.2, 0) is 6.54 Å². The van der Waals surface area contributed by atoms with E-state index in [0.717, 1.165) is 19.6 Å². The van der Waals surface area contributed by atoms with Crippen LogP contribution in [0.2, 0.25) is 10.0 Å². The van der Waals surface area contributed by atoms with Crippen molar-refractivity contribution < 1.29 is 0 Å². The van der Waals surface area contributed by atoms with Crippen LogP contribution < -0.4 is 10.6 Å². The van der Waals surface area contributed by atoms with Gasteiger partial charge in [0.25, 0.3) is 0 Å². The molecular weight excluding hydrogens is 231 g/mol. The van der Waals surface area contributed by atoms with Gasteiger partial charge in [-0.25, -0.2) is 0 Å². The molecule has 1 aliphatic rings. The maximum Gasteiger partial charge on any atom is 0.0595 e. The van der Waals surface area contributed by atoms with Crippen LogP contribution in [0.25, 0.3) is 0 Å². The van der Waals surface area contributed by atoms with Gasteiger partial charge in [-0.2, -0.15) is 0 Å². The number of nitrogens with one attached hydrogen (secondary N) is 2. The maximum absolute atomic E-state index is 5.94. The lowest BCUT2D eigenvalue weighted by Crippen LogP contribution is -2.30. The summed E-state index contributed by atoms with van der Waals surface area (Å²) in [5, 5.41) is 8.04. The first-order chi connectivity index (χ1) is 7.25. The van der Waals surface area contributed by atoms with Gasteiger partial charge in [0.2, 0.25) is 0 Å². The molecule has 0 saturated carbocycles. The highest BCUT2D eigenvalue weighted by molar-refractivity contribution is 6.42. The maximum atomic E-state index is 5.94. The Labute approximate surface area is 100.0 Å². The predicted octanol–water partition coefficient (Wildman–Crippen LogP) is 2.44. The van der Waals surface area contributed by atoms with Gasteiger partial charge in [0.15, 0.2) is 0 Å². The van der Waals surface area contributed by atoms with Crippen LogP contribution in [-0.4, -0.2) is 19.1 Å². The van der Waals surface area contributed by atoms with E-state index in [1.54, 1.807) is 0 Å². The second-order valence-electron chi connectivity index (χ2n) is 3.82. The molecule has 2 rings (SSSR count). The zero-order valence-corrected chi connectivity index (χ0v) is 9.91. The standard InChI is InChI=1S/C11H14Cl2N2/c12-10-2-1-8(5-11(10)13)6-15-9-3-4-14-7-9/h1-2,5,9,14-15H,3-4,6-7H2/t9-/m0/s1. The lowest BCUT2D eigenvalue weighted by Gasteiger charge is -2.11. The first kappa shape index (κ1) is 11.2. The van der Waals surface area contributed by atoms with Gasteiger partial charge in [-0.15, -0.1) is 0 Å². The van der Waals surface area contributed by atoms with Crippen molar-refractivity contribution in [3.05, 3.63) is 33.8 Å². The van der Waals surface area contributed by atoms with E-state index >= 15 is 0 Å². The SMILES string of the molecule is Clc1ccc(CN[C@H]2CCNC2)cc1Cl. The third kappa shape index (κ3) is 3.08. The number of hydrogen-bond donors (Lipinski definition) is 2. The Balaban J connectivity index is 1.90. The van der Waals surface area contributed by atoms with Gasteiger partial charge < -0.3 is 10.6 Å². The zero-order chi connectivity index (χ0) is 10.7. The quantitative estimate of drug-likeness (QED) is 0.854. The third-order valence-corrected chi connectivity index (χ3v) is 3.38. The third-order valence-electron chi connectivity index (χ3n) is 2.64. The highest BCUT2D eigenvalue weighted by Crippen LogP contribution is 2.22. The van der Waals surface area contributed by atoms with Crippen LogP contribution in [0.3, 0.4) is 0 Å². The molecule has 0 spiro atoms. The summed E-state index contributed by atoms with van der Waals surface area (Å²) in [6.07, 6.45) is 1.20. The smallest absolute Gasteiger partial charge is 0.0595 e. The Morgan fingerprint density at radius 3 is 2.87 bits per heavy atom. The molecule has 1 aromatic rings. The van der Waals surface area contributed by atoms with Crippen LogP contribution in [0, 0.1) is 0 Å². The Morgan fingerprint density at radius 1 is 1.33 bits per heavy atom. The largest absolute Gasteiger partial charge is 0.315 e. The second-order valence-corrected chi connectivity index (χ2v) is 4.63. The average molecular weight is 245 g/mol. The van der Waals surface area contributed by atoms with Crippen molar-refractivity contribution >= 4 is 23.2 Å². The highest BCUT2D eigenvalue weighted by atomic mass is 35.5. The van der Waals surface area contributed by atoms with Crippen molar-refractivity contribution in [1.29, 1.82) is 0 Å². The van der Waals surface area contributed by atoms with Gasteiger partial charge in [0.1, 0.15) is 0 Å². The van der Waals surface area contributed by atoms with E-state index in [1.165, 1.54) is 12.0 Å². The predicted molar refractivity (Wildman–Crippen MR) is 64.6 cm³/mol. The van der Waals surface area contributed by atoms with Crippen molar-refractivity contribution in [3.63, 3.8) is 0 Å². The van der Waals surface area contributed by atoms with E-state index in [-0.39, 0.29) is 0 Å². The van der Waals surface area contributed by atoms with Crippen molar-refractivity contribution in [2.24, 2.45) is 0 Å². The van der Waals surface area contributed by atoms with E-state index in [0.29, 0.717) is 16.1 Å². The van der Waals surface area contributed by atoms with Gasteiger partial charge >= 0.3 is 0 Å². The molecule has 4 heteroatoms. The summed E-state index contributed by atoms with van der Waals surface area (Å²) in [6, 6.07) is 6.34. The van der Waals surface area contributed by atoms with Gasteiger partial charge in [0, 0.05) is 19.1 Å².